The Hall–Kier alpha value is -2.43. The van der Waals surface area contributed by atoms with Crippen molar-refractivity contribution in [2.45, 2.75) is 13.3 Å². The minimum absolute atomic E-state index is 0.00938. The van der Waals surface area contributed by atoms with E-state index in [1.54, 1.807) is 18.2 Å². The molecule has 5 aliphatic rings. The number of anilines is 1. The number of nitrogens with zero attached hydrogens (tertiary/aromatic N) is 1. The van der Waals surface area contributed by atoms with Crippen LogP contribution in [0, 0.1) is 35.5 Å². The highest BCUT2D eigenvalue weighted by molar-refractivity contribution is 6.06. The van der Waals surface area contributed by atoms with Crippen molar-refractivity contribution < 1.29 is 14.4 Å². The van der Waals surface area contributed by atoms with Crippen molar-refractivity contribution in [3.63, 3.8) is 0 Å². The zero-order valence-electron chi connectivity index (χ0n) is 14.0. The van der Waals surface area contributed by atoms with Crippen molar-refractivity contribution >= 4 is 23.3 Å². The van der Waals surface area contributed by atoms with Gasteiger partial charge in [-0.25, -0.2) is 0 Å². The van der Waals surface area contributed by atoms with E-state index in [2.05, 4.69) is 17.5 Å². The number of hydrogen-bond acceptors (Lipinski definition) is 4. The van der Waals surface area contributed by atoms with Gasteiger partial charge in [-0.05, 0) is 49.1 Å². The van der Waals surface area contributed by atoms with E-state index in [9.17, 15) is 14.4 Å². The Morgan fingerprint density at radius 3 is 2.36 bits per heavy atom. The molecule has 2 saturated carbocycles. The van der Waals surface area contributed by atoms with Crippen molar-refractivity contribution in [2.24, 2.45) is 35.5 Å². The summed E-state index contributed by atoms with van der Waals surface area (Å²) in [5.41, 5.74) is 1.35. The average molecular weight is 336 g/mol. The summed E-state index contributed by atoms with van der Waals surface area (Å²) in [6, 6.07) is 7.14. The van der Waals surface area contributed by atoms with E-state index in [0.717, 1.165) is 5.69 Å². The summed E-state index contributed by atoms with van der Waals surface area (Å²) in [6.07, 6.45) is 5.53. The zero-order valence-corrected chi connectivity index (χ0v) is 14.0. The lowest BCUT2D eigenvalue weighted by Crippen LogP contribution is -2.40. The molecular weight excluding hydrogens is 316 g/mol. The first-order valence-electron chi connectivity index (χ1n) is 8.94. The summed E-state index contributed by atoms with van der Waals surface area (Å²) in [5.74, 6) is 1.36. The minimum atomic E-state index is -0.156. The Balaban J connectivity index is 1.34. The summed E-state index contributed by atoms with van der Waals surface area (Å²) in [5, 5.41) is 3.14. The molecule has 0 spiro atoms. The number of imide groups is 1. The van der Waals surface area contributed by atoms with Gasteiger partial charge >= 0.3 is 0 Å². The molecule has 2 bridgehead atoms. The molecule has 4 aliphatic carbocycles. The molecule has 6 atom stereocenters. The smallest absolute Gasteiger partial charge is 0.235 e. The van der Waals surface area contributed by atoms with Crippen LogP contribution in [0.15, 0.2) is 36.4 Å². The Bertz CT molecular complexity index is 794. The molecule has 2 amide bonds. The normalized spacial score (nSPS) is 37.1. The lowest BCUT2D eigenvalue weighted by Gasteiger charge is -2.37. The number of ketones is 1. The first kappa shape index (κ1) is 14.9. The fourth-order valence-electron chi connectivity index (χ4n) is 5.19. The number of carbonyl (C=O) groups excluding carboxylic acids is 3. The molecule has 1 aliphatic heterocycles. The average Bonchev–Trinajstić information content (AvgIpc) is 3.39. The highest BCUT2D eigenvalue weighted by Crippen LogP contribution is 2.65. The predicted octanol–water partition coefficient (Wildman–Crippen LogP) is 2.31. The number of allylic oxidation sites excluding steroid dienone is 2. The number of carbonyl (C=O) groups is 3. The van der Waals surface area contributed by atoms with E-state index in [-0.39, 0.29) is 47.9 Å². The first-order valence-corrected chi connectivity index (χ1v) is 8.94. The molecule has 0 unspecified atom stereocenters. The van der Waals surface area contributed by atoms with Gasteiger partial charge in [-0.3, -0.25) is 19.3 Å². The van der Waals surface area contributed by atoms with Crippen LogP contribution in [-0.2, 0) is 9.59 Å². The summed E-state index contributed by atoms with van der Waals surface area (Å²) < 4.78 is 0. The standard InChI is InChI=1S/C20H20N2O3/c1-10(23)11-3-2-4-12(7-11)21-9-22-19(24)17-13-5-6-14(16-8-15(13)16)18(17)20(22)25/h2-7,13-18,21H,8-9H2,1H3/t13-,14-,15-,16-,17-,18+/m1/s1. The Kier molecular flexibility index (Phi) is 3.00. The third-order valence-electron chi connectivity index (χ3n) is 6.46. The maximum absolute atomic E-state index is 12.9. The largest absolute Gasteiger partial charge is 0.367 e. The maximum Gasteiger partial charge on any atom is 0.235 e. The van der Waals surface area contributed by atoms with E-state index in [1.165, 1.54) is 18.2 Å². The Morgan fingerprint density at radius 2 is 1.76 bits per heavy atom. The number of hydrogen-bond donors (Lipinski definition) is 1. The number of amides is 2. The summed E-state index contributed by atoms with van der Waals surface area (Å²) >= 11 is 0. The highest BCUT2D eigenvalue weighted by Gasteiger charge is 2.66. The van der Waals surface area contributed by atoms with E-state index >= 15 is 0 Å². The summed E-state index contributed by atoms with van der Waals surface area (Å²) in [7, 11) is 0. The van der Waals surface area contributed by atoms with Crippen molar-refractivity contribution in [3.8, 4) is 0 Å². The molecule has 1 saturated heterocycles. The van der Waals surface area contributed by atoms with Crippen molar-refractivity contribution in [1.82, 2.24) is 4.90 Å². The third kappa shape index (κ3) is 2.04. The molecule has 3 fully saturated rings. The van der Waals surface area contributed by atoms with E-state index in [0.29, 0.717) is 17.4 Å². The Morgan fingerprint density at radius 1 is 1.12 bits per heavy atom. The molecule has 1 heterocycles. The second-order valence-electron chi connectivity index (χ2n) is 7.73. The second-order valence-corrected chi connectivity index (χ2v) is 7.73. The van der Waals surface area contributed by atoms with Crippen LogP contribution in [0.4, 0.5) is 5.69 Å². The molecule has 6 rings (SSSR count). The van der Waals surface area contributed by atoms with Crippen LogP contribution in [0.5, 0.6) is 0 Å². The van der Waals surface area contributed by atoms with Gasteiger partial charge in [-0.15, -0.1) is 0 Å². The maximum atomic E-state index is 12.9. The lowest BCUT2D eigenvalue weighted by molar-refractivity contribution is -0.139. The van der Waals surface area contributed by atoms with Gasteiger partial charge in [0, 0.05) is 11.3 Å². The van der Waals surface area contributed by atoms with Crippen molar-refractivity contribution in [3.05, 3.63) is 42.0 Å². The SMILES string of the molecule is CC(=O)c1cccc(NCN2C(=O)[C@@H]3[C@@H]4C=C[C@H]([C@H]5C[C@H]45)[C@@H]3C2=O)c1. The predicted molar refractivity (Wildman–Crippen MR) is 91.5 cm³/mol. The van der Waals surface area contributed by atoms with Gasteiger partial charge in [0.2, 0.25) is 11.8 Å². The number of likely N-dealkylation sites (tertiary alicyclic amines) is 1. The van der Waals surface area contributed by atoms with Crippen LogP contribution in [0.25, 0.3) is 0 Å². The fraction of sp³-hybridized carbons (Fsp3) is 0.450. The molecular formula is C20H20N2O3. The van der Waals surface area contributed by atoms with Crippen LogP contribution in [0.2, 0.25) is 0 Å². The molecule has 128 valence electrons. The van der Waals surface area contributed by atoms with Gasteiger partial charge in [0.25, 0.3) is 0 Å². The molecule has 25 heavy (non-hydrogen) atoms. The van der Waals surface area contributed by atoms with Gasteiger partial charge in [-0.1, -0.05) is 24.3 Å². The molecule has 0 radical (unpaired) electrons. The molecule has 0 aromatic heterocycles. The quantitative estimate of drug-likeness (QED) is 0.520. The van der Waals surface area contributed by atoms with Crippen LogP contribution < -0.4 is 5.32 Å². The second kappa shape index (κ2) is 5.04. The van der Waals surface area contributed by atoms with E-state index in [1.807, 2.05) is 6.07 Å². The van der Waals surface area contributed by atoms with E-state index < -0.39 is 0 Å². The molecule has 5 nitrogen and oxygen atoms in total. The van der Waals surface area contributed by atoms with Gasteiger partial charge in [-0.2, -0.15) is 0 Å². The first-order chi connectivity index (χ1) is 12.1. The van der Waals surface area contributed by atoms with Gasteiger partial charge in [0.05, 0.1) is 18.5 Å². The van der Waals surface area contributed by atoms with Crippen LogP contribution >= 0.6 is 0 Å². The molecule has 1 aromatic rings. The van der Waals surface area contributed by atoms with E-state index in [4.69, 9.17) is 0 Å². The minimum Gasteiger partial charge on any atom is -0.367 e. The molecule has 1 N–H and O–H groups in total. The number of rotatable bonds is 4. The third-order valence-corrected chi connectivity index (χ3v) is 6.46. The van der Waals surface area contributed by atoms with Crippen LogP contribution in [0.3, 0.4) is 0 Å². The van der Waals surface area contributed by atoms with Gasteiger partial charge < -0.3 is 5.32 Å². The van der Waals surface area contributed by atoms with Crippen LogP contribution in [0.1, 0.15) is 23.7 Å². The number of nitrogens with one attached hydrogen (secondary N) is 1. The van der Waals surface area contributed by atoms with Crippen molar-refractivity contribution in [1.29, 1.82) is 0 Å². The fourth-order valence-corrected chi connectivity index (χ4v) is 5.19. The topological polar surface area (TPSA) is 66.5 Å². The van der Waals surface area contributed by atoms with Crippen molar-refractivity contribution in [2.75, 3.05) is 12.0 Å². The Labute approximate surface area is 146 Å². The van der Waals surface area contributed by atoms with Gasteiger partial charge in [0.1, 0.15) is 0 Å². The molecule has 1 aromatic carbocycles. The van der Waals surface area contributed by atoms with Gasteiger partial charge in [0.15, 0.2) is 5.78 Å². The highest BCUT2D eigenvalue weighted by atomic mass is 16.2. The summed E-state index contributed by atoms with van der Waals surface area (Å²) in [4.78, 5) is 38.6. The van der Waals surface area contributed by atoms with Crippen LogP contribution in [-0.4, -0.2) is 29.2 Å². The zero-order chi connectivity index (χ0) is 17.3. The monoisotopic (exact) mass is 336 g/mol. The molecule has 5 heteroatoms. The number of benzene rings is 1. The lowest BCUT2D eigenvalue weighted by atomic mass is 9.63. The number of Topliss-reactive ketones (excluding diaryl/α,β-unsaturated/α-hetero) is 1. The summed E-state index contributed by atoms with van der Waals surface area (Å²) in [6.45, 7) is 1.69.